The van der Waals surface area contributed by atoms with Gasteiger partial charge in [-0.15, -0.1) is 0 Å². The summed E-state index contributed by atoms with van der Waals surface area (Å²) in [6, 6.07) is 14.5. The van der Waals surface area contributed by atoms with Crippen molar-refractivity contribution >= 4 is 23.2 Å². The first-order valence-electron chi connectivity index (χ1n) is 8.37. The van der Waals surface area contributed by atoms with E-state index in [9.17, 15) is 18.0 Å². The van der Waals surface area contributed by atoms with Crippen molar-refractivity contribution in [3.8, 4) is 6.07 Å². The lowest BCUT2D eigenvalue weighted by molar-refractivity contribution is -0.136. The number of carbonyl (C=O) groups excluding carboxylic acids is 1. The summed E-state index contributed by atoms with van der Waals surface area (Å²) in [6.07, 6.45) is -4.60. The molecule has 1 aromatic heterocycles. The first-order chi connectivity index (χ1) is 13.8. The molecule has 2 N–H and O–H groups in total. The second kappa shape index (κ2) is 7.98. The lowest BCUT2D eigenvalue weighted by atomic mass is 10.1. The Morgan fingerprint density at radius 2 is 1.76 bits per heavy atom. The van der Waals surface area contributed by atoms with E-state index in [0.717, 1.165) is 6.07 Å². The molecular formula is C20H14F3N5O. The number of alkyl halides is 3. The van der Waals surface area contributed by atoms with Gasteiger partial charge in [0.05, 0.1) is 22.9 Å². The van der Waals surface area contributed by atoms with E-state index in [1.54, 1.807) is 31.2 Å². The van der Waals surface area contributed by atoms with Crippen LogP contribution in [0, 0.1) is 18.3 Å². The number of hydrogen-bond acceptors (Lipinski definition) is 5. The summed E-state index contributed by atoms with van der Waals surface area (Å²) in [4.78, 5) is 20.8. The van der Waals surface area contributed by atoms with Crippen molar-refractivity contribution in [2.75, 3.05) is 10.6 Å². The van der Waals surface area contributed by atoms with E-state index in [1.807, 2.05) is 6.07 Å². The van der Waals surface area contributed by atoms with Crippen LogP contribution in [0.25, 0.3) is 0 Å². The number of nitrogens with zero attached hydrogens (tertiary/aromatic N) is 3. The molecule has 0 bridgehead atoms. The molecule has 3 aromatic rings. The molecule has 0 fully saturated rings. The number of halogens is 3. The number of amides is 1. The van der Waals surface area contributed by atoms with Gasteiger partial charge in [-0.1, -0.05) is 12.1 Å². The average Bonchev–Trinajstić information content (AvgIpc) is 2.67. The molecule has 1 heterocycles. The van der Waals surface area contributed by atoms with E-state index in [2.05, 4.69) is 20.6 Å². The van der Waals surface area contributed by atoms with Gasteiger partial charge in [0.2, 0.25) is 5.95 Å². The number of para-hydroxylation sites is 1. The van der Waals surface area contributed by atoms with Gasteiger partial charge in [-0.05, 0) is 49.4 Å². The molecule has 0 spiro atoms. The molecule has 6 nitrogen and oxygen atoms in total. The van der Waals surface area contributed by atoms with Gasteiger partial charge in [-0.2, -0.15) is 18.4 Å². The van der Waals surface area contributed by atoms with Gasteiger partial charge in [0.1, 0.15) is 5.69 Å². The third kappa shape index (κ3) is 4.87. The Morgan fingerprint density at radius 1 is 1.07 bits per heavy atom. The number of hydrogen-bond donors (Lipinski definition) is 2. The molecule has 0 unspecified atom stereocenters. The topological polar surface area (TPSA) is 90.7 Å². The summed E-state index contributed by atoms with van der Waals surface area (Å²) >= 11 is 0. The third-order valence-corrected chi connectivity index (χ3v) is 3.84. The standard InChI is InChI=1S/C20H14F3N5O/c1-12-10-17(18(29)27-16-5-3-2-4-15(16)20(21,22)23)28-19(25-12)26-14-8-6-13(11-24)7-9-14/h2-10H,1H3,(H,27,29)(H,25,26,28). The quantitative estimate of drug-likeness (QED) is 0.668. The average molecular weight is 397 g/mol. The Balaban J connectivity index is 1.84. The van der Waals surface area contributed by atoms with E-state index in [1.165, 1.54) is 24.3 Å². The van der Waals surface area contributed by atoms with Crippen molar-refractivity contribution in [1.82, 2.24) is 9.97 Å². The molecule has 1 amide bonds. The Bertz CT molecular complexity index is 1090. The van der Waals surface area contributed by atoms with Gasteiger partial charge < -0.3 is 10.6 Å². The Kier molecular flexibility index (Phi) is 5.45. The van der Waals surface area contributed by atoms with Crippen molar-refractivity contribution in [2.24, 2.45) is 0 Å². The zero-order chi connectivity index (χ0) is 21.0. The number of anilines is 3. The van der Waals surface area contributed by atoms with Crippen LogP contribution in [0.4, 0.5) is 30.5 Å². The number of rotatable bonds is 4. The van der Waals surface area contributed by atoms with Crippen molar-refractivity contribution in [3.63, 3.8) is 0 Å². The predicted octanol–water partition coefficient (Wildman–Crippen LogP) is 4.67. The lowest BCUT2D eigenvalue weighted by Gasteiger charge is -2.14. The molecule has 0 saturated carbocycles. The van der Waals surface area contributed by atoms with Crippen molar-refractivity contribution in [2.45, 2.75) is 13.1 Å². The van der Waals surface area contributed by atoms with Crippen LogP contribution in [0.5, 0.6) is 0 Å². The predicted molar refractivity (Wildman–Crippen MR) is 101 cm³/mol. The summed E-state index contributed by atoms with van der Waals surface area (Å²) in [6.45, 7) is 1.63. The van der Waals surface area contributed by atoms with Gasteiger partial charge in [-0.25, -0.2) is 9.97 Å². The van der Waals surface area contributed by atoms with Gasteiger partial charge in [-0.3, -0.25) is 4.79 Å². The first kappa shape index (κ1) is 19.8. The Labute approximate surface area is 164 Å². The van der Waals surface area contributed by atoms with E-state index < -0.39 is 17.6 Å². The highest BCUT2D eigenvalue weighted by Crippen LogP contribution is 2.34. The molecule has 0 aliphatic rings. The van der Waals surface area contributed by atoms with Crippen LogP contribution in [0.3, 0.4) is 0 Å². The minimum atomic E-state index is -4.60. The van der Waals surface area contributed by atoms with Crippen LogP contribution in [-0.4, -0.2) is 15.9 Å². The zero-order valence-electron chi connectivity index (χ0n) is 15.1. The monoisotopic (exact) mass is 397 g/mol. The number of carbonyl (C=O) groups is 1. The highest BCUT2D eigenvalue weighted by Gasteiger charge is 2.33. The number of aryl methyl sites for hydroxylation is 1. The second-order valence-corrected chi connectivity index (χ2v) is 6.03. The number of nitriles is 1. The second-order valence-electron chi connectivity index (χ2n) is 6.03. The molecule has 0 atom stereocenters. The van der Waals surface area contributed by atoms with E-state index in [4.69, 9.17) is 5.26 Å². The van der Waals surface area contributed by atoms with E-state index in [-0.39, 0.29) is 17.3 Å². The molecule has 0 aliphatic carbocycles. The molecule has 0 aliphatic heterocycles. The molecule has 0 saturated heterocycles. The summed E-state index contributed by atoms with van der Waals surface area (Å²) in [5, 5.41) is 14.0. The maximum Gasteiger partial charge on any atom is 0.418 e. The first-order valence-corrected chi connectivity index (χ1v) is 8.37. The van der Waals surface area contributed by atoms with Crippen molar-refractivity contribution in [1.29, 1.82) is 5.26 Å². The van der Waals surface area contributed by atoms with Crippen LogP contribution in [0.15, 0.2) is 54.6 Å². The fourth-order valence-electron chi connectivity index (χ4n) is 2.52. The third-order valence-electron chi connectivity index (χ3n) is 3.84. The molecule has 3 rings (SSSR count). The largest absolute Gasteiger partial charge is 0.418 e. The van der Waals surface area contributed by atoms with E-state index >= 15 is 0 Å². The number of nitrogens with one attached hydrogen (secondary N) is 2. The molecule has 9 heteroatoms. The molecule has 2 aromatic carbocycles. The van der Waals surface area contributed by atoms with Crippen LogP contribution in [-0.2, 0) is 6.18 Å². The van der Waals surface area contributed by atoms with Crippen molar-refractivity contribution < 1.29 is 18.0 Å². The summed E-state index contributed by atoms with van der Waals surface area (Å²) in [5.41, 5.74) is 0.112. The fraction of sp³-hybridized carbons (Fsp3) is 0.100. The normalized spacial score (nSPS) is 10.9. The maximum atomic E-state index is 13.1. The van der Waals surface area contributed by atoms with Gasteiger partial charge in [0, 0.05) is 11.4 Å². The fourth-order valence-corrected chi connectivity index (χ4v) is 2.52. The van der Waals surface area contributed by atoms with Crippen LogP contribution >= 0.6 is 0 Å². The van der Waals surface area contributed by atoms with Gasteiger partial charge in [0.15, 0.2) is 0 Å². The summed E-state index contributed by atoms with van der Waals surface area (Å²) in [5.74, 6) is -0.695. The maximum absolute atomic E-state index is 13.1. The Morgan fingerprint density at radius 3 is 2.41 bits per heavy atom. The van der Waals surface area contributed by atoms with Crippen molar-refractivity contribution in [3.05, 3.63) is 77.1 Å². The highest BCUT2D eigenvalue weighted by atomic mass is 19.4. The number of aromatic nitrogens is 2. The zero-order valence-corrected chi connectivity index (χ0v) is 15.1. The number of benzene rings is 2. The SMILES string of the molecule is Cc1cc(C(=O)Nc2ccccc2C(F)(F)F)nc(Nc2ccc(C#N)cc2)n1. The van der Waals surface area contributed by atoms with Crippen LogP contribution in [0.2, 0.25) is 0 Å². The molecule has 146 valence electrons. The van der Waals surface area contributed by atoms with Crippen LogP contribution in [0.1, 0.15) is 27.3 Å². The lowest BCUT2D eigenvalue weighted by Crippen LogP contribution is -2.18. The smallest absolute Gasteiger partial charge is 0.324 e. The Hall–Kier alpha value is -3.93. The molecule has 29 heavy (non-hydrogen) atoms. The van der Waals surface area contributed by atoms with E-state index in [0.29, 0.717) is 16.9 Å². The highest BCUT2D eigenvalue weighted by molar-refractivity contribution is 6.03. The van der Waals surface area contributed by atoms with Gasteiger partial charge >= 0.3 is 6.18 Å². The minimum absolute atomic E-state index is 0.0920. The molecule has 0 radical (unpaired) electrons. The van der Waals surface area contributed by atoms with Gasteiger partial charge in [0.25, 0.3) is 5.91 Å². The summed E-state index contributed by atoms with van der Waals surface area (Å²) in [7, 11) is 0. The molecular weight excluding hydrogens is 383 g/mol. The summed E-state index contributed by atoms with van der Waals surface area (Å²) < 4.78 is 39.4. The van der Waals surface area contributed by atoms with Crippen LogP contribution < -0.4 is 10.6 Å². The minimum Gasteiger partial charge on any atom is -0.324 e.